The van der Waals surface area contributed by atoms with E-state index in [2.05, 4.69) is 13.8 Å². The van der Waals surface area contributed by atoms with Crippen LogP contribution in [0, 0.1) is 17.3 Å². The molecule has 2 saturated carbocycles. The van der Waals surface area contributed by atoms with Gasteiger partial charge in [-0.3, -0.25) is 4.79 Å². The summed E-state index contributed by atoms with van der Waals surface area (Å²) < 4.78 is 0. The molecule has 0 spiro atoms. The molecule has 0 saturated heterocycles. The maximum absolute atomic E-state index is 11.2. The number of rotatable bonds is 0. The molecule has 0 heterocycles. The van der Waals surface area contributed by atoms with Crippen molar-refractivity contribution in [2.75, 3.05) is 0 Å². The van der Waals surface area contributed by atoms with E-state index < -0.39 is 6.10 Å². The molecule has 1 N–H and O–H groups in total. The molecular weight excluding hydrogens is 140 g/mol. The first-order valence-electron chi connectivity index (χ1n) is 4.24. The minimum Gasteiger partial charge on any atom is -0.385 e. The predicted octanol–water partition coefficient (Wildman–Crippen LogP) is 0.982. The molecule has 0 aliphatic heterocycles. The summed E-state index contributed by atoms with van der Waals surface area (Å²) in [5.74, 6) is 0.499. The van der Waals surface area contributed by atoms with Crippen LogP contribution in [-0.2, 0) is 4.79 Å². The zero-order valence-corrected chi connectivity index (χ0v) is 7.00. The molecule has 2 heteroatoms. The van der Waals surface area contributed by atoms with Crippen LogP contribution >= 0.6 is 0 Å². The number of Topliss-reactive ketones (excluding diaryl/α,β-unsaturated/α-hetero) is 1. The Labute approximate surface area is 66.6 Å². The van der Waals surface area contributed by atoms with Gasteiger partial charge >= 0.3 is 0 Å². The van der Waals surface area contributed by atoms with Crippen LogP contribution in [0.25, 0.3) is 0 Å². The van der Waals surface area contributed by atoms with Crippen molar-refractivity contribution in [1.29, 1.82) is 0 Å². The van der Waals surface area contributed by atoms with Gasteiger partial charge < -0.3 is 5.11 Å². The monoisotopic (exact) mass is 154 g/mol. The molecule has 0 radical (unpaired) electrons. The molecule has 62 valence electrons. The van der Waals surface area contributed by atoms with Gasteiger partial charge in [0.05, 0.1) is 0 Å². The highest BCUT2D eigenvalue weighted by Gasteiger charge is 2.55. The van der Waals surface area contributed by atoms with Gasteiger partial charge in [-0.1, -0.05) is 13.8 Å². The first-order chi connectivity index (χ1) is 5.02. The van der Waals surface area contributed by atoms with Crippen LogP contribution < -0.4 is 0 Å². The summed E-state index contributed by atoms with van der Waals surface area (Å²) in [5.41, 5.74) is 0.192. The van der Waals surface area contributed by atoms with Crippen molar-refractivity contribution in [2.24, 2.45) is 17.3 Å². The van der Waals surface area contributed by atoms with Crippen molar-refractivity contribution in [3.8, 4) is 0 Å². The molecule has 0 aromatic carbocycles. The Balaban J connectivity index is 2.29. The molecule has 2 rings (SSSR count). The third-order valence-electron chi connectivity index (χ3n) is 3.39. The Morgan fingerprint density at radius 2 is 2.18 bits per heavy atom. The number of carbonyl (C=O) groups excluding carboxylic acids is 1. The van der Waals surface area contributed by atoms with Gasteiger partial charge in [0.1, 0.15) is 6.10 Å². The van der Waals surface area contributed by atoms with Gasteiger partial charge in [0.2, 0.25) is 0 Å². The summed E-state index contributed by atoms with van der Waals surface area (Å²) in [7, 11) is 0. The first-order valence-corrected chi connectivity index (χ1v) is 4.24. The molecule has 2 nitrogen and oxygen atoms in total. The Kier molecular flexibility index (Phi) is 1.23. The third kappa shape index (κ3) is 0.791. The molecule has 2 fully saturated rings. The normalized spacial score (nSPS) is 46.8. The van der Waals surface area contributed by atoms with E-state index in [1.165, 1.54) is 0 Å². The van der Waals surface area contributed by atoms with Gasteiger partial charge in [-0.15, -0.1) is 0 Å². The minimum absolute atomic E-state index is 0.0920. The zero-order chi connectivity index (χ0) is 8.22. The number of hydrogen-bond donors (Lipinski definition) is 1. The average Bonchev–Trinajstić information content (AvgIpc) is 2.31. The van der Waals surface area contributed by atoms with Crippen LogP contribution in [-0.4, -0.2) is 17.0 Å². The average molecular weight is 154 g/mol. The van der Waals surface area contributed by atoms with E-state index in [-0.39, 0.29) is 23.0 Å². The predicted molar refractivity (Wildman–Crippen MR) is 41.0 cm³/mol. The summed E-state index contributed by atoms with van der Waals surface area (Å²) in [5, 5.41) is 9.47. The van der Waals surface area contributed by atoms with Crippen molar-refractivity contribution in [1.82, 2.24) is 0 Å². The fourth-order valence-electron chi connectivity index (χ4n) is 2.71. The summed E-state index contributed by atoms with van der Waals surface area (Å²) in [6, 6.07) is 0. The van der Waals surface area contributed by atoms with Crippen molar-refractivity contribution >= 4 is 5.78 Å². The lowest BCUT2D eigenvalue weighted by Gasteiger charge is -2.31. The number of aliphatic hydroxyl groups excluding tert-OH is 1. The van der Waals surface area contributed by atoms with Gasteiger partial charge in [-0.05, 0) is 24.2 Å². The SMILES string of the molecule is CC1(C)CC2CC1C(O)C2=O. The molecule has 0 aromatic heterocycles. The fourth-order valence-corrected chi connectivity index (χ4v) is 2.71. The maximum atomic E-state index is 11.2. The Morgan fingerprint density at radius 1 is 1.55 bits per heavy atom. The quantitative estimate of drug-likeness (QED) is 0.564. The van der Waals surface area contributed by atoms with Crippen molar-refractivity contribution in [2.45, 2.75) is 32.8 Å². The smallest absolute Gasteiger partial charge is 0.164 e. The second kappa shape index (κ2) is 1.86. The summed E-state index contributed by atoms with van der Waals surface area (Å²) in [6.45, 7) is 4.29. The summed E-state index contributed by atoms with van der Waals surface area (Å²) in [4.78, 5) is 11.2. The summed E-state index contributed by atoms with van der Waals surface area (Å²) >= 11 is 0. The van der Waals surface area contributed by atoms with Gasteiger partial charge in [0.25, 0.3) is 0 Å². The Morgan fingerprint density at radius 3 is 2.55 bits per heavy atom. The maximum Gasteiger partial charge on any atom is 0.164 e. The lowest BCUT2D eigenvalue weighted by molar-refractivity contribution is -0.133. The standard InChI is InChI=1S/C9H14O2/c1-9(2)4-5-3-6(9)8(11)7(5)10/h5-6,8,11H,3-4H2,1-2H3. The third-order valence-corrected chi connectivity index (χ3v) is 3.39. The number of hydrogen-bond acceptors (Lipinski definition) is 2. The molecule has 2 bridgehead atoms. The van der Waals surface area contributed by atoms with E-state index >= 15 is 0 Å². The van der Waals surface area contributed by atoms with Crippen LogP contribution in [0.5, 0.6) is 0 Å². The first kappa shape index (κ1) is 7.29. The molecule has 0 aromatic rings. The molecule has 3 unspecified atom stereocenters. The van der Waals surface area contributed by atoms with Crippen LogP contribution in [0.4, 0.5) is 0 Å². The van der Waals surface area contributed by atoms with E-state index in [1.54, 1.807) is 0 Å². The molecule has 11 heavy (non-hydrogen) atoms. The lowest BCUT2D eigenvalue weighted by Crippen LogP contribution is -2.37. The highest BCUT2D eigenvalue weighted by atomic mass is 16.3. The van der Waals surface area contributed by atoms with Crippen LogP contribution in [0.3, 0.4) is 0 Å². The number of ketones is 1. The number of fused-ring (bicyclic) bond motifs is 2. The van der Waals surface area contributed by atoms with Gasteiger partial charge in [-0.2, -0.15) is 0 Å². The molecule has 2 aliphatic carbocycles. The minimum atomic E-state index is -0.649. The summed E-state index contributed by atoms with van der Waals surface area (Å²) in [6.07, 6.45) is 1.25. The van der Waals surface area contributed by atoms with Crippen LogP contribution in [0.15, 0.2) is 0 Å². The number of carbonyl (C=O) groups is 1. The van der Waals surface area contributed by atoms with E-state index in [0.717, 1.165) is 12.8 Å². The Hall–Kier alpha value is -0.370. The zero-order valence-electron chi connectivity index (χ0n) is 7.00. The van der Waals surface area contributed by atoms with Crippen molar-refractivity contribution in [3.05, 3.63) is 0 Å². The molecule has 2 aliphatic rings. The highest BCUT2D eigenvalue weighted by molar-refractivity contribution is 5.89. The fraction of sp³-hybridized carbons (Fsp3) is 0.889. The second-order valence-electron chi connectivity index (χ2n) is 4.58. The van der Waals surface area contributed by atoms with Crippen molar-refractivity contribution < 1.29 is 9.90 Å². The van der Waals surface area contributed by atoms with Gasteiger partial charge in [0.15, 0.2) is 5.78 Å². The van der Waals surface area contributed by atoms with E-state index in [1.807, 2.05) is 0 Å². The van der Waals surface area contributed by atoms with Gasteiger partial charge in [0, 0.05) is 5.92 Å². The second-order valence-corrected chi connectivity index (χ2v) is 4.58. The lowest BCUT2D eigenvalue weighted by atomic mass is 9.75. The van der Waals surface area contributed by atoms with Crippen LogP contribution in [0.2, 0.25) is 0 Å². The molecular formula is C9H14O2. The molecule has 0 amide bonds. The Bertz CT molecular complexity index is 204. The largest absolute Gasteiger partial charge is 0.385 e. The van der Waals surface area contributed by atoms with Crippen molar-refractivity contribution in [3.63, 3.8) is 0 Å². The van der Waals surface area contributed by atoms with Gasteiger partial charge in [-0.25, -0.2) is 0 Å². The highest BCUT2D eigenvalue weighted by Crippen LogP contribution is 2.53. The van der Waals surface area contributed by atoms with E-state index in [0.29, 0.717) is 0 Å². The van der Waals surface area contributed by atoms with E-state index in [4.69, 9.17) is 0 Å². The number of aliphatic hydroxyl groups is 1. The molecule has 3 atom stereocenters. The topological polar surface area (TPSA) is 37.3 Å². The van der Waals surface area contributed by atoms with Crippen LogP contribution in [0.1, 0.15) is 26.7 Å². The van der Waals surface area contributed by atoms with E-state index in [9.17, 15) is 9.90 Å².